The first kappa shape index (κ1) is 16.0. The van der Waals surface area contributed by atoms with Crippen molar-refractivity contribution in [1.82, 2.24) is 15.1 Å². The van der Waals surface area contributed by atoms with Crippen molar-refractivity contribution in [3.8, 4) is 5.69 Å². The van der Waals surface area contributed by atoms with Crippen LogP contribution in [0.15, 0.2) is 60.8 Å². The lowest BCUT2D eigenvalue weighted by Crippen LogP contribution is -2.26. The molecule has 0 bridgehead atoms. The van der Waals surface area contributed by atoms with Crippen molar-refractivity contribution < 1.29 is 4.79 Å². The summed E-state index contributed by atoms with van der Waals surface area (Å²) in [5, 5.41) is 7.51. The van der Waals surface area contributed by atoms with Crippen molar-refractivity contribution in [3.63, 3.8) is 0 Å². The molecule has 4 nitrogen and oxygen atoms in total. The first-order valence-corrected chi connectivity index (χ1v) is 8.09. The van der Waals surface area contributed by atoms with Gasteiger partial charge in [-0.3, -0.25) is 4.79 Å². The smallest absolute Gasteiger partial charge is 0.251 e. The molecule has 3 aromatic rings. The zero-order valence-electron chi connectivity index (χ0n) is 14.0. The second-order valence-electron chi connectivity index (χ2n) is 5.91. The Morgan fingerprint density at radius 1 is 1.08 bits per heavy atom. The molecule has 0 unspecified atom stereocenters. The summed E-state index contributed by atoms with van der Waals surface area (Å²) in [5.74, 6) is -0.0324. The van der Waals surface area contributed by atoms with E-state index in [9.17, 15) is 4.79 Å². The highest BCUT2D eigenvalue weighted by atomic mass is 16.1. The molecule has 1 aromatic heterocycles. The minimum atomic E-state index is -0.0324. The SMILES string of the molecule is Cc1ccc(C(=O)NCCc2ccn(-c3ccccc3)n2)c(C)c1. The maximum atomic E-state index is 12.3. The normalized spacial score (nSPS) is 10.6. The van der Waals surface area contributed by atoms with Crippen LogP contribution in [-0.2, 0) is 6.42 Å². The predicted octanol–water partition coefficient (Wildman–Crippen LogP) is 3.46. The molecule has 0 atom stereocenters. The summed E-state index contributed by atoms with van der Waals surface area (Å²) >= 11 is 0. The molecular weight excluding hydrogens is 298 g/mol. The fraction of sp³-hybridized carbons (Fsp3) is 0.200. The number of aryl methyl sites for hydroxylation is 2. The molecule has 1 amide bonds. The number of hydrogen-bond donors (Lipinski definition) is 1. The summed E-state index contributed by atoms with van der Waals surface area (Å²) in [4.78, 5) is 12.3. The molecular formula is C20H21N3O. The van der Waals surface area contributed by atoms with Gasteiger partial charge in [0, 0.05) is 24.7 Å². The molecule has 0 aliphatic rings. The fourth-order valence-corrected chi connectivity index (χ4v) is 2.69. The first-order valence-electron chi connectivity index (χ1n) is 8.09. The van der Waals surface area contributed by atoms with Gasteiger partial charge in [-0.05, 0) is 43.7 Å². The average Bonchev–Trinajstić information content (AvgIpc) is 3.04. The van der Waals surface area contributed by atoms with Crippen LogP contribution in [0, 0.1) is 13.8 Å². The summed E-state index contributed by atoms with van der Waals surface area (Å²) < 4.78 is 1.85. The lowest BCUT2D eigenvalue weighted by atomic mass is 10.1. The van der Waals surface area contributed by atoms with Crippen LogP contribution in [0.2, 0.25) is 0 Å². The summed E-state index contributed by atoms with van der Waals surface area (Å²) in [6, 6.07) is 17.8. The highest BCUT2D eigenvalue weighted by Gasteiger charge is 2.08. The van der Waals surface area contributed by atoms with Crippen molar-refractivity contribution in [2.45, 2.75) is 20.3 Å². The van der Waals surface area contributed by atoms with E-state index in [1.807, 2.05) is 79.3 Å². The third-order valence-corrected chi connectivity index (χ3v) is 3.96. The minimum absolute atomic E-state index is 0.0324. The van der Waals surface area contributed by atoms with Crippen molar-refractivity contribution in [3.05, 3.63) is 83.2 Å². The van der Waals surface area contributed by atoms with Crippen molar-refractivity contribution >= 4 is 5.91 Å². The second kappa shape index (κ2) is 7.13. The highest BCUT2D eigenvalue weighted by Crippen LogP contribution is 2.10. The standard InChI is InChI=1S/C20H21N3O/c1-15-8-9-19(16(2)14-15)20(24)21-12-10-17-11-13-23(22-17)18-6-4-3-5-7-18/h3-9,11,13-14H,10,12H2,1-2H3,(H,21,24). The van der Waals surface area contributed by atoms with Crippen LogP contribution >= 0.6 is 0 Å². The zero-order chi connectivity index (χ0) is 16.9. The topological polar surface area (TPSA) is 46.9 Å². The number of hydrogen-bond acceptors (Lipinski definition) is 2. The van der Waals surface area contributed by atoms with Gasteiger partial charge < -0.3 is 5.32 Å². The van der Waals surface area contributed by atoms with Crippen molar-refractivity contribution in [2.75, 3.05) is 6.54 Å². The van der Waals surface area contributed by atoms with Crippen LogP contribution in [0.1, 0.15) is 27.2 Å². The van der Waals surface area contributed by atoms with Gasteiger partial charge in [-0.1, -0.05) is 35.9 Å². The Morgan fingerprint density at radius 3 is 2.62 bits per heavy atom. The van der Waals surface area contributed by atoms with Gasteiger partial charge in [-0.25, -0.2) is 4.68 Å². The van der Waals surface area contributed by atoms with Gasteiger partial charge in [0.2, 0.25) is 0 Å². The molecule has 1 heterocycles. The Labute approximate surface area is 142 Å². The molecule has 4 heteroatoms. The number of carbonyl (C=O) groups is 1. The average molecular weight is 319 g/mol. The Morgan fingerprint density at radius 2 is 1.88 bits per heavy atom. The Bertz CT molecular complexity index is 837. The van der Waals surface area contributed by atoms with E-state index in [2.05, 4.69) is 10.4 Å². The highest BCUT2D eigenvalue weighted by molar-refractivity contribution is 5.95. The van der Waals surface area contributed by atoms with E-state index in [4.69, 9.17) is 0 Å². The number of aromatic nitrogens is 2. The van der Waals surface area contributed by atoms with Gasteiger partial charge in [-0.2, -0.15) is 5.10 Å². The van der Waals surface area contributed by atoms with Gasteiger partial charge in [0.25, 0.3) is 5.91 Å². The number of rotatable bonds is 5. The molecule has 0 saturated heterocycles. The third kappa shape index (κ3) is 3.71. The zero-order valence-corrected chi connectivity index (χ0v) is 14.0. The van der Waals surface area contributed by atoms with Crippen LogP contribution in [0.25, 0.3) is 5.69 Å². The van der Waals surface area contributed by atoms with E-state index in [-0.39, 0.29) is 5.91 Å². The summed E-state index contributed by atoms with van der Waals surface area (Å²) in [6.07, 6.45) is 2.65. The maximum absolute atomic E-state index is 12.3. The Balaban J connectivity index is 1.57. The number of para-hydroxylation sites is 1. The van der Waals surface area contributed by atoms with E-state index in [0.29, 0.717) is 13.0 Å². The van der Waals surface area contributed by atoms with Gasteiger partial charge in [0.1, 0.15) is 0 Å². The van der Waals surface area contributed by atoms with E-state index in [0.717, 1.165) is 28.1 Å². The summed E-state index contributed by atoms with van der Waals surface area (Å²) in [5.41, 5.74) is 4.88. The molecule has 24 heavy (non-hydrogen) atoms. The molecule has 0 spiro atoms. The summed E-state index contributed by atoms with van der Waals surface area (Å²) in [6.45, 7) is 4.55. The predicted molar refractivity (Wildman–Crippen MR) is 95.5 cm³/mol. The molecule has 3 rings (SSSR count). The molecule has 2 aromatic carbocycles. The number of benzene rings is 2. The number of amides is 1. The molecule has 1 N–H and O–H groups in total. The van der Waals surface area contributed by atoms with Crippen LogP contribution in [0.3, 0.4) is 0 Å². The second-order valence-corrected chi connectivity index (χ2v) is 5.91. The van der Waals surface area contributed by atoms with E-state index >= 15 is 0 Å². The third-order valence-electron chi connectivity index (χ3n) is 3.96. The van der Waals surface area contributed by atoms with Crippen LogP contribution < -0.4 is 5.32 Å². The summed E-state index contributed by atoms with van der Waals surface area (Å²) in [7, 11) is 0. The molecule has 0 fully saturated rings. The van der Waals surface area contributed by atoms with Crippen LogP contribution in [-0.4, -0.2) is 22.2 Å². The Kier molecular flexibility index (Phi) is 4.75. The lowest BCUT2D eigenvalue weighted by Gasteiger charge is -2.07. The maximum Gasteiger partial charge on any atom is 0.251 e. The van der Waals surface area contributed by atoms with Crippen molar-refractivity contribution in [2.24, 2.45) is 0 Å². The van der Waals surface area contributed by atoms with Gasteiger partial charge in [0.15, 0.2) is 0 Å². The van der Waals surface area contributed by atoms with E-state index in [1.54, 1.807) is 0 Å². The van der Waals surface area contributed by atoms with E-state index < -0.39 is 0 Å². The van der Waals surface area contributed by atoms with Crippen LogP contribution in [0.5, 0.6) is 0 Å². The van der Waals surface area contributed by atoms with E-state index in [1.165, 1.54) is 0 Å². The number of nitrogens with one attached hydrogen (secondary N) is 1. The van der Waals surface area contributed by atoms with Crippen LogP contribution in [0.4, 0.5) is 0 Å². The quantitative estimate of drug-likeness (QED) is 0.783. The largest absolute Gasteiger partial charge is 0.352 e. The van der Waals surface area contributed by atoms with Crippen molar-refractivity contribution in [1.29, 1.82) is 0 Å². The van der Waals surface area contributed by atoms with Gasteiger partial charge in [-0.15, -0.1) is 0 Å². The molecule has 0 saturated carbocycles. The molecule has 122 valence electrons. The fourth-order valence-electron chi connectivity index (χ4n) is 2.69. The molecule has 0 aliphatic heterocycles. The van der Waals surface area contributed by atoms with Gasteiger partial charge in [0.05, 0.1) is 11.4 Å². The lowest BCUT2D eigenvalue weighted by molar-refractivity contribution is 0.0953. The number of carbonyl (C=O) groups excluding carboxylic acids is 1. The first-order chi connectivity index (χ1) is 11.6. The monoisotopic (exact) mass is 319 g/mol. The molecule has 0 aliphatic carbocycles. The van der Waals surface area contributed by atoms with Gasteiger partial charge >= 0.3 is 0 Å². The Hall–Kier alpha value is -2.88. The molecule has 0 radical (unpaired) electrons. The minimum Gasteiger partial charge on any atom is -0.352 e. The number of nitrogens with zero attached hydrogens (tertiary/aromatic N) is 2.